The maximum absolute atomic E-state index is 11.9. The molecule has 7 heteroatoms. The van der Waals surface area contributed by atoms with Crippen LogP contribution < -0.4 is 14.8 Å². The Labute approximate surface area is 157 Å². The minimum absolute atomic E-state index is 0.0333. The molecule has 0 spiro atoms. The number of nitrogens with one attached hydrogen (secondary N) is 2. The Kier molecular flexibility index (Phi) is 10.3. The lowest BCUT2D eigenvalue weighted by Gasteiger charge is -2.10. The Morgan fingerprint density at radius 2 is 1.96 bits per heavy atom. The summed E-state index contributed by atoms with van der Waals surface area (Å²) < 4.78 is 31.4. The first-order valence-electron chi connectivity index (χ1n) is 9.32. The summed E-state index contributed by atoms with van der Waals surface area (Å²) in [6, 6.07) is 7.73. The zero-order chi connectivity index (χ0) is 19.4. The number of rotatable bonds is 13. The van der Waals surface area contributed by atoms with E-state index in [4.69, 9.17) is 4.74 Å². The second-order valence-corrected chi connectivity index (χ2v) is 8.89. The number of hydrogen-bond donors (Lipinski definition) is 2. The second-order valence-electron chi connectivity index (χ2n) is 6.57. The highest BCUT2D eigenvalue weighted by Crippen LogP contribution is 2.13. The van der Waals surface area contributed by atoms with Gasteiger partial charge in [0.05, 0.1) is 11.9 Å². The molecule has 0 atom stereocenters. The van der Waals surface area contributed by atoms with Crippen molar-refractivity contribution in [2.75, 3.05) is 13.2 Å². The van der Waals surface area contributed by atoms with Gasteiger partial charge in [0.15, 0.2) is 0 Å². The minimum atomic E-state index is -3.22. The molecule has 148 valence electrons. The van der Waals surface area contributed by atoms with Crippen LogP contribution in [-0.2, 0) is 21.4 Å². The van der Waals surface area contributed by atoms with E-state index in [1.54, 1.807) is 13.8 Å². The van der Waals surface area contributed by atoms with Gasteiger partial charge in [-0.15, -0.1) is 0 Å². The van der Waals surface area contributed by atoms with E-state index in [9.17, 15) is 13.2 Å². The number of carbonyl (C=O) groups is 1. The molecule has 0 unspecified atom stereocenters. The van der Waals surface area contributed by atoms with Crippen LogP contribution in [0.25, 0.3) is 0 Å². The number of unbranched alkanes of at least 4 members (excludes halogenated alkanes) is 2. The van der Waals surface area contributed by atoms with E-state index in [1.165, 1.54) is 0 Å². The molecule has 1 aromatic rings. The molecule has 0 aliphatic rings. The molecular weight excluding hydrogens is 352 g/mol. The molecule has 26 heavy (non-hydrogen) atoms. The molecule has 0 bridgehead atoms. The van der Waals surface area contributed by atoms with E-state index in [0.717, 1.165) is 24.2 Å². The van der Waals surface area contributed by atoms with Crippen LogP contribution in [0.2, 0.25) is 0 Å². The highest BCUT2D eigenvalue weighted by molar-refractivity contribution is 7.90. The summed E-state index contributed by atoms with van der Waals surface area (Å²) in [6.07, 6.45) is 3.78. The van der Waals surface area contributed by atoms with Gasteiger partial charge in [-0.2, -0.15) is 0 Å². The smallest absolute Gasteiger partial charge is 0.220 e. The van der Waals surface area contributed by atoms with Crippen molar-refractivity contribution in [3.05, 3.63) is 29.8 Å². The maximum atomic E-state index is 11.9. The molecule has 1 amide bonds. The average molecular weight is 385 g/mol. The van der Waals surface area contributed by atoms with E-state index < -0.39 is 15.3 Å². The number of amides is 1. The molecule has 0 aliphatic heterocycles. The lowest BCUT2D eigenvalue weighted by molar-refractivity contribution is -0.121. The van der Waals surface area contributed by atoms with Crippen molar-refractivity contribution in [2.45, 2.75) is 64.7 Å². The largest absolute Gasteiger partial charge is 0.494 e. The van der Waals surface area contributed by atoms with Crippen LogP contribution in [0, 0.1) is 0 Å². The second kappa shape index (κ2) is 11.9. The molecule has 1 aromatic carbocycles. The molecule has 0 fully saturated rings. The molecule has 0 aromatic heterocycles. The number of sulfonamides is 1. The van der Waals surface area contributed by atoms with Gasteiger partial charge >= 0.3 is 0 Å². The monoisotopic (exact) mass is 384 g/mol. The van der Waals surface area contributed by atoms with Crippen LogP contribution in [0.4, 0.5) is 0 Å². The zero-order valence-electron chi connectivity index (χ0n) is 16.1. The average Bonchev–Trinajstić information content (AvgIpc) is 2.60. The fourth-order valence-corrected chi connectivity index (χ4v) is 2.92. The molecule has 0 aliphatic carbocycles. The van der Waals surface area contributed by atoms with Gasteiger partial charge in [-0.3, -0.25) is 4.79 Å². The van der Waals surface area contributed by atoms with Crippen molar-refractivity contribution in [2.24, 2.45) is 0 Å². The first-order valence-corrected chi connectivity index (χ1v) is 10.9. The summed E-state index contributed by atoms with van der Waals surface area (Å²) in [5.74, 6) is 0.789. The highest BCUT2D eigenvalue weighted by Gasteiger charge is 2.14. The summed E-state index contributed by atoms with van der Waals surface area (Å²) in [6.45, 7) is 6.93. The Morgan fingerprint density at radius 1 is 1.19 bits per heavy atom. The predicted octanol–water partition coefficient (Wildman–Crippen LogP) is 2.98. The topological polar surface area (TPSA) is 84.5 Å². The van der Waals surface area contributed by atoms with Crippen molar-refractivity contribution in [1.29, 1.82) is 0 Å². The summed E-state index contributed by atoms with van der Waals surface area (Å²) in [5.41, 5.74) is 0.997. The van der Waals surface area contributed by atoms with Crippen molar-refractivity contribution < 1.29 is 17.9 Å². The van der Waals surface area contributed by atoms with Crippen molar-refractivity contribution in [3.8, 4) is 5.75 Å². The normalized spacial score (nSPS) is 11.5. The number of benzene rings is 1. The van der Waals surface area contributed by atoms with Gasteiger partial charge in [-0.25, -0.2) is 13.1 Å². The minimum Gasteiger partial charge on any atom is -0.494 e. The molecule has 0 saturated heterocycles. The van der Waals surface area contributed by atoms with Gasteiger partial charge < -0.3 is 10.1 Å². The molecule has 1 rings (SSSR count). The number of ether oxygens (including phenoxy) is 1. The third kappa shape index (κ3) is 9.20. The zero-order valence-corrected chi connectivity index (χ0v) is 16.9. The van der Waals surface area contributed by atoms with E-state index in [0.29, 0.717) is 39.0 Å². The molecule has 0 saturated carbocycles. The van der Waals surface area contributed by atoms with Crippen LogP contribution in [0.15, 0.2) is 24.3 Å². The highest BCUT2D eigenvalue weighted by atomic mass is 32.2. The van der Waals surface area contributed by atoms with Gasteiger partial charge in [-0.1, -0.05) is 25.5 Å². The maximum Gasteiger partial charge on any atom is 0.220 e. The fourth-order valence-electron chi connectivity index (χ4n) is 2.16. The summed E-state index contributed by atoms with van der Waals surface area (Å²) in [4.78, 5) is 11.9. The summed E-state index contributed by atoms with van der Waals surface area (Å²) in [7, 11) is -3.22. The number of hydrogen-bond acceptors (Lipinski definition) is 4. The van der Waals surface area contributed by atoms with Gasteiger partial charge in [0.2, 0.25) is 15.9 Å². The molecule has 6 nitrogen and oxygen atoms in total. The van der Waals surface area contributed by atoms with E-state index in [1.807, 2.05) is 24.3 Å². The molecule has 0 heterocycles. The Hall–Kier alpha value is -1.60. The fraction of sp³-hybridized carbons (Fsp3) is 0.632. The van der Waals surface area contributed by atoms with Gasteiger partial charge in [0, 0.05) is 19.5 Å². The van der Waals surface area contributed by atoms with Crippen LogP contribution in [0.5, 0.6) is 5.75 Å². The third-order valence-corrected chi connectivity index (χ3v) is 5.76. The van der Waals surface area contributed by atoms with Crippen LogP contribution in [0.3, 0.4) is 0 Å². The molecule has 2 N–H and O–H groups in total. The number of carbonyl (C=O) groups excluding carboxylic acids is 1. The van der Waals surface area contributed by atoms with Crippen LogP contribution in [-0.4, -0.2) is 32.7 Å². The Balaban J connectivity index is 2.23. The Bertz CT molecular complexity index is 645. The van der Waals surface area contributed by atoms with Crippen molar-refractivity contribution >= 4 is 15.9 Å². The van der Waals surface area contributed by atoms with Crippen molar-refractivity contribution in [1.82, 2.24) is 10.0 Å². The predicted molar refractivity (Wildman–Crippen MR) is 105 cm³/mol. The molecular formula is C19H32N2O4S. The molecule has 0 radical (unpaired) electrons. The van der Waals surface area contributed by atoms with E-state index >= 15 is 0 Å². The lowest BCUT2D eigenvalue weighted by Crippen LogP contribution is -2.31. The first kappa shape index (κ1) is 22.4. The quantitative estimate of drug-likeness (QED) is 0.512. The standard InChI is InChI=1S/C19H32N2O4S/c1-4-5-13-25-18-10-8-9-17(14-18)15-20-19(22)11-6-7-12-21-26(23,24)16(2)3/h8-10,14,16,21H,4-7,11-13,15H2,1-3H3,(H,20,22). The Morgan fingerprint density at radius 3 is 2.65 bits per heavy atom. The van der Waals surface area contributed by atoms with Gasteiger partial charge in [-0.05, 0) is 50.8 Å². The van der Waals surface area contributed by atoms with Gasteiger partial charge in [0.25, 0.3) is 0 Å². The lowest BCUT2D eigenvalue weighted by atomic mass is 10.2. The van der Waals surface area contributed by atoms with E-state index in [-0.39, 0.29) is 5.91 Å². The van der Waals surface area contributed by atoms with E-state index in [2.05, 4.69) is 17.0 Å². The SMILES string of the molecule is CCCCOc1cccc(CNC(=O)CCCCNS(=O)(=O)C(C)C)c1. The third-order valence-electron chi connectivity index (χ3n) is 3.91. The van der Waals surface area contributed by atoms with Gasteiger partial charge in [0.1, 0.15) is 5.75 Å². The summed E-state index contributed by atoms with van der Waals surface area (Å²) in [5, 5.41) is 2.45. The first-order chi connectivity index (χ1) is 12.3. The van der Waals surface area contributed by atoms with Crippen molar-refractivity contribution in [3.63, 3.8) is 0 Å². The van der Waals surface area contributed by atoms with Crippen LogP contribution in [0.1, 0.15) is 58.4 Å². The summed E-state index contributed by atoms with van der Waals surface area (Å²) >= 11 is 0. The van der Waals surface area contributed by atoms with Crippen LogP contribution >= 0.6 is 0 Å².